The first-order valence-corrected chi connectivity index (χ1v) is 22.6. The number of aromatic nitrogens is 1. The van der Waals surface area contributed by atoms with Crippen molar-refractivity contribution in [3.63, 3.8) is 0 Å². The summed E-state index contributed by atoms with van der Waals surface area (Å²) in [5.74, 6) is -1.95. The quantitative estimate of drug-likeness (QED) is 0.0930. The summed E-state index contributed by atoms with van der Waals surface area (Å²) in [7, 11) is 1.89. The number of hydrogen-bond acceptors (Lipinski definition) is 11. The molecule has 0 bridgehead atoms. The number of fused-ring (bicyclic) bond motifs is 2. The van der Waals surface area contributed by atoms with Crippen LogP contribution in [0.3, 0.4) is 0 Å². The van der Waals surface area contributed by atoms with E-state index in [9.17, 15) is 14.0 Å². The molecule has 1 aliphatic carbocycles. The van der Waals surface area contributed by atoms with Gasteiger partial charge in [-0.25, -0.2) is 9.37 Å². The van der Waals surface area contributed by atoms with Crippen molar-refractivity contribution >= 4 is 53.1 Å². The molecule has 4 atom stereocenters. The molecule has 3 N–H and O–H groups in total. The van der Waals surface area contributed by atoms with Gasteiger partial charge in [-0.15, -0.1) is 36.2 Å². The molecule has 4 aromatic rings. The highest BCUT2D eigenvalue weighted by atomic mass is 35.5. The number of carbonyl (C=O) groups excluding carboxylic acids is 2. The molecule has 1 fully saturated rings. The molecular formula is C47H62Cl2F2N6O6S. The zero-order valence-electron chi connectivity index (χ0n) is 37.3. The van der Waals surface area contributed by atoms with E-state index in [4.69, 9.17) is 18.9 Å². The summed E-state index contributed by atoms with van der Waals surface area (Å²) in [6.45, 7) is 12.2. The van der Waals surface area contributed by atoms with Gasteiger partial charge in [-0.2, -0.15) is 4.39 Å². The Hall–Kier alpha value is -4.09. The molecule has 12 nitrogen and oxygen atoms in total. The van der Waals surface area contributed by atoms with E-state index in [0.717, 1.165) is 47.2 Å². The number of nitrogens with one attached hydrogen (secondary N) is 3. The highest BCUT2D eigenvalue weighted by Crippen LogP contribution is 2.37. The minimum Gasteiger partial charge on any atom is -0.491 e. The molecule has 0 unspecified atom stereocenters. The average molecular weight is 948 g/mol. The third kappa shape index (κ3) is 12.4. The first-order valence-electron chi connectivity index (χ1n) is 21.7. The Morgan fingerprint density at radius 1 is 0.969 bits per heavy atom. The molecule has 0 saturated carbocycles. The molecule has 3 aromatic carbocycles. The Kier molecular flexibility index (Phi) is 18.6. The Labute approximate surface area is 392 Å². The van der Waals surface area contributed by atoms with Gasteiger partial charge in [-0.1, -0.05) is 51.1 Å². The minimum atomic E-state index is -1.07. The third-order valence-corrected chi connectivity index (χ3v) is 12.8. The van der Waals surface area contributed by atoms with E-state index in [1.54, 1.807) is 4.90 Å². The summed E-state index contributed by atoms with van der Waals surface area (Å²) in [5, 5.41) is 12.7. The molecule has 2 aliphatic heterocycles. The molecule has 64 heavy (non-hydrogen) atoms. The average Bonchev–Trinajstić information content (AvgIpc) is 3.77. The zero-order valence-corrected chi connectivity index (χ0v) is 39.7. The Balaban J connectivity index is 0.00000385. The van der Waals surface area contributed by atoms with Gasteiger partial charge in [0.2, 0.25) is 17.6 Å². The third-order valence-electron chi connectivity index (χ3n) is 11.9. The molecule has 3 aliphatic rings. The molecular weight excluding hydrogens is 886 g/mol. The van der Waals surface area contributed by atoms with Crippen molar-refractivity contribution in [1.29, 1.82) is 0 Å². The van der Waals surface area contributed by atoms with E-state index < -0.39 is 29.1 Å². The lowest BCUT2D eigenvalue weighted by atomic mass is 9.83. The monoisotopic (exact) mass is 946 g/mol. The van der Waals surface area contributed by atoms with Crippen molar-refractivity contribution in [2.75, 3.05) is 71.2 Å². The Morgan fingerprint density at radius 3 is 2.47 bits per heavy atom. The molecule has 0 radical (unpaired) electrons. The lowest BCUT2D eigenvalue weighted by Crippen LogP contribution is -2.60. The normalized spacial score (nSPS) is 18.1. The lowest BCUT2D eigenvalue weighted by Gasteiger charge is -2.42. The number of hydrogen-bond donors (Lipinski definition) is 3. The van der Waals surface area contributed by atoms with Gasteiger partial charge >= 0.3 is 0 Å². The second kappa shape index (κ2) is 23.4. The van der Waals surface area contributed by atoms with Gasteiger partial charge in [0.1, 0.15) is 25.0 Å². The van der Waals surface area contributed by atoms with Crippen LogP contribution in [0.15, 0.2) is 60.0 Å². The number of rotatable bonds is 17. The van der Waals surface area contributed by atoms with Crippen molar-refractivity contribution < 1.29 is 37.3 Å². The van der Waals surface area contributed by atoms with Crippen LogP contribution in [0.2, 0.25) is 0 Å². The standard InChI is InChI=1S/C47H60F2N6O6S.2ClH/c1-30(50-5)27-51-43(47(2,3)4)45(57)55-28-33-25-34(14-13-32(33)26-40(55)44(56)52-38-12-8-10-31-9-6-7-11-35(31)38)60-23-21-59-22-24-61-42-36(15-16-37(48)41(42)49)39-29-62-46(53-39)54-17-19-58-20-18-54;;/h6-7,9,11,13-16,25,29-30,38,40,43,50-51H,8,10,12,17-24,26-28H2,1-5H3,(H,52,56);2*1H/t30-,38+,40-,43+;;/m0../s1. The maximum absolute atomic E-state index is 15.0. The number of thiazole rings is 1. The maximum atomic E-state index is 15.0. The fourth-order valence-electron chi connectivity index (χ4n) is 8.30. The molecule has 1 aromatic heterocycles. The number of aryl methyl sites for hydroxylation is 1. The van der Waals surface area contributed by atoms with E-state index in [1.807, 2.05) is 63.5 Å². The highest BCUT2D eigenvalue weighted by Gasteiger charge is 2.42. The number of likely N-dealkylation sites (N-methyl/N-ethyl adjacent to an activating group) is 1. The number of amides is 2. The SMILES string of the molecule is CN[C@@H](C)CN[C@H](C(=O)N1Cc2cc(OCCOCCOc3c(-c4csc(N5CCOCC5)n4)ccc(F)c3F)ccc2C[C@H]1C(=O)N[C@@H]1CCCc2ccccc21)C(C)(C)C.Cl.Cl. The molecule has 7 rings (SSSR count). The van der Waals surface area contributed by atoms with Crippen molar-refractivity contribution in [3.05, 3.63) is 93.9 Å². The van der Waals surface area contributed by atoms with Crippen LogP contribution in [0.4, 0.5) is 13.9 Å². The summed E-state index contributed by atoms with van der Waals surface area (Å²) in [6, 6.07) is 15.4. The van der Waals surface area contributed by atoms with Crippen molar-refractivity contribution in [3.8, 4) is 22.8 Å². The smallest absolute Gasteiger partial charge is 0.243 e. The van der Waals surface area contributed by atoms with Crippen molar-refractivity contribution in [1.82, 2.24) is 25.8 Å². The maximum Gasteiger partial charge on any atom is 0.243 e. The topological polar surface area (TPSA) is 127 Å². The molecule has 2 amide bonds. The van der Waals surface area contributed by atoms with E-state index in [1.165, 1.54) is 23.0 Å². The minimum absolute atomic E-state index is 0. The van der Waals surface area contributed by atoms with E-state index in [-0.39, 0.29) is 87.4 Å². The zero-order chi connectivity index (χ0) is 43.8. The predicted molar refractivity (Wildman–Crippen MR) is 251 cm³/mol. The Bertz CT molecular complexity index is 2170. The molecule has 3 heterocycles. The van der Waals surface area contributed by atoms with Crippen LogP contribution in [-0.2, 0) is 38.4 Å². The number of anilines is 1. The summed E-state index contributed by atoms with van der Waals surface area (Å²) in [5.41, 5.74) is 4.76. The summed E-state index contributed by atoms with van der Waals surface area (Å²) < 4.78 is 52.4. The van der Waals surface area contributed by atoms with Crippen LogP contribution in [0.25, 0.3) is 11.3 Å². The van der Waals surface area contributed by atoms with Crippen LogP contribution in [0.5, 0.6) is 11.5 Å². The first kappa shape index (κ1) is 50.9. The van der Waals surface area contributed by atoms with Crippen LogP contribution in [0, 0.1) is 17.0 Å². The molecule has 0 spiro atoms. The summed E-state index contributed by atoms with van der Waals surface area (Å²) >= 11 is 1.43. The van der Waals surface area contributed by atoms with Gasteiger partial charge in [0, 0.05) is 49.6 Å². The fraction of sp³-hybridized carbons (Fsp3) is 0.511. The van der Waals surface area contributed by atoms with Crippen molar-refractivity contribution in [2.45, 2.75) is 84.1 Å². The lowest BCUT2D eigenvalue weighted by molar-refractivity contribution is -0.146. The van der Waals surface area contributed by atoms with Crippen LogP contribution < -0.4 is 30.3 Å². The van der Waals surface area contributed by atoms with Gasteiger partial charge < -0.3 is 44.7 Å². The van der Waals surface area contributed by atoms with Gasteiger partial charge in [-0.3, -0.25) is 9.59 Å². The Morgan fingerprint density at radius 2 is 1.72 bits per heavy atom. The van der Waals surface area contributed by atoms with Gasteiger partial charge in [0.05, 0.1) is 44.2 Å². The molecule has 350 valence electrons. The van der Waals surface area contributed by atoms with Crippen LogP contribution >= 0.6 is 36.2 Å². The number of ether oxygens (including phenoxy) is 4. The second-order valence-corrected chi connectivity index (χ2v) is 18.2. The van der Waals surface area contributed by atoms with E-state index in [2.05, 4.69) is 44.9 Å². The molecule has 1 saturated heterocycles. The van der Waals surface area contributed by atoms with Gasteiger partial charge in [0.25, 0.3) is 0 Å². The number of halogens is 4. The second-order valence-electron chi connectivity index (χ2n) is 17.3. The predicted octanol–water partition coefficient (Wildman–Crippen LogP) is 7.30. The fourth-order valence-corrected chi connectivity index (χ4v) is 9.18. The number of carbonyl (C=O) groups is 2. The van der Waals surface area contributed by atoms with Crippen LogP contribution in [0.1, 0.15) is 68.8 Å². The molecule has 17 heteroatoms. The van der Waals surface area contributed by atoms with E-state index in [0.29, 0.717) is 56.3 Å². The number of morpholine rings is 1. The van der Waals surface area contributed by atoms with Crippen molar-refractivity contribution in [2.24, 2.45) is 5.41 Å². The largest absolute Gasteiger partial charge is 0.491 e. The first-order chi connectivity index (χ1) is 29.9. The summed E-state index contributed by atoms with van der Waals surface area (Å²) in [6.07, 6.45) is 3.20. The number of nitrogens with zero attached hydrogens (tertiary/aromatic N) is 3. The van der Waals surface area contributed by atoms with Gasteiger partial charge in [-0.05, 0) is 85.2 Å². The summed E-state index contributed by atoms with van der Waals surface area (Å²) in [4.78, 5) is 37.5. The van der Waals surface area contributed by atoms with Crippen LogP contribution in [-0.4, -0.2) is 106 Å². The van der Waals surface area contributed by atoms with Gasteiger partial charge in [0.15, 0.2) is 16.7 Å². The van der Waals surface area contributed by atoms with E-state index >= 15 is 4.39 Å². The number of benzene rings is 3. The highest BCUT2D eigenvalue weighted by molar-refractivity contribution is 7.14.